The SMILES string of the molecule is N#Cc1ccc(-n2c3ccccc3c3c4c(ccc32)oc2ccccc24)c(C#N)c1-n1c2ccccc2c2c3c(ccc21)oc1ccccc13. The zero-order valence-electron chi connectivity index (χ0n) is 26.3. The smallest absolute Gasteiger partial charge is 0.136 e. The Morgan fingerprint density at radius 3 is 1.46 bits per heavy atom. The minimum absolute atomic E-state index is 0.406. The molecule has 0 spiro atoms. The molecule has 0 fully saturated rings. The molecule has 7 aromatic carbocycles. The summed E-state index contributed by atoms with van der Waals surface area (Å²) in [5.74, 6) is 0. The van der Waals surface area contributed by atoms with Gasteiger partial charge in [-0.05, 0) is 60.7 Å². The Morgan fingerprint density at radius 1 is 0.400 bits per heavy atom. The van der Waals surface area contributed by atoms with E-state index in [-0.39, 0.29) is 0 Å². The summed E-state index contributed by atoms with van der Waals surface area (Å²) in [5, 5.41) is 30.0. The normalized spacial score (nSPS) is 12.0. The van der Waals surface area contributed by atoms with Crippen molar-refractivity contribution >= 4 is 87.5 Å². The van der Waals surface area contributed by atoms with Gasteiger partial charge in [0.2, 0.25) is 0 Å². The summed E-state index contributed by atoms with van der Waals surface area (Å²) in [4.78, 5) is 0. The highest BCUT2D eigenvalue weighted by molar-refractivity contribution is 6.29. The summed E-state index contributed by atoms with van der Waals surface area (Å²) >= 11 is 0. The van der Waals surface area contributed by atoms with E-state index in [1.807, 2.05) is 91.0 Å². The molecule has 4 heterocycles. The molecular formula is C44H22N4O2. The Labute approximate surface area is 283 Å². The zero-order chi connectivity index (χ0) is 33.1. The van der Waals surface area contributed by atoms with Gasteiger partial charge in [0.05, 0.1) is 39.0 Å². The predicted octanol–water partition coefficient (Wildman–Crippen LogP) is 11.4. The van der Waals surface area contributed by atoms with Crippen LogP contribution >= 0.6 is 0 Å². The van der Waals surface area contributed by atoms with Gasteiger partial charge < -0.3 is 18.0 Å². The maximum Gasteiger partial charge on any atom is 0.136 e. The Balaban J connectivity index is 1.30. The van der Waals surface area contributed by atoms with Crippen molar-refractivity contribution in [2.75, 3.05) is 0 Å². The average molecular weight is 639 g/mol. The van der Waals surface area contributed by atoms with Crippen LogP contribution in [0.15, 0.2) is 142 Å². The van der Waals surface area contributed by atoms with Gasteiger partial charge in [-0.15, -0.1) is 0 Å². The number of benzene rings is 7. The summed E-state index contributed by atoms with van der Waals surface area (Å²) < 4.78 is 16.8. The van der Waals surface area contributed by atoms with Crippen LogP contribution in [0.25, 0.3) is 98.9 Å². The fourth-order valence-electron chi connectivity index (χ4n) is 8.25. The standard InChI is InChI=1S/C44H22N4O2/c45-23-25-17-18-33(47-31-13-5-1-9-26(31)40-34(47)19-21-38-42(40)28-11-3-7-15-36(28)49-38)30(24-46)44(25)48-32-14-6-2-10-27(32)41-35(48)20-22-39-43(41)29-12-4-8-16-37(29)50-39/h1-22H. The second-order valence-corrected chi connectivity index (χ2v) is 12.6. The first-order valence-electron chi connectivity index (χ1n) is 16.4. The summed E-state index contributed by atoms with van der Waals surface area (Å²) in [6.45, 7) is 0. The molecule has 0 amide bonds. The van der Waals surface area contributed by atoms with E-state index < -0.39 is 0 Å². The number of aromatic nitrogens is 2. The van der Waals surface area contributed by atoms with Crippen molar-refractivity contribution in [1.29, 1.82) is 10.5 Å². The molecule has 11 aromatic rings. The lowest BCUT2D eigenvalue weighted by Gasteiger charge is -2.17. The van der Waals surface area contributed by atoms with Gasteiger partial charge in [0.25, 0.3) is 0 Å². The minimum Gasteiger partial charge on any atom is -0.456 e. The van der Waals surface area contributed by atoms with E-state index in [2.05, 4.69) is 63.7 Å². The van der Waals surface area contributed by atoms with E-state index in [0.29, 0.717) is 22.5 Å². The van der Waals surface area contributed by atoms with Crippen LogP contribution in [0.3, 0.4) is 0 Å². The van der Waals surface area contributed by atoms with E-state index in [1.54, 1.807) is 0 Å². The maximum atomic E-state index is 11.1. The lowest BCUT2D eigenvalue weighted by molar-refractivity contribution is 0.669. The van der Waals surface area contributed by atoms with Crippen molar-refractivity contribution in [3.8, 4) is 23.5 Å². The van der Waals surface area contributed by atoms with Gasteiger partial charge in [0, 0.05) is 43.1 Å². The average Bonchev–Trinajstić information content (AvgIpc) is 3.91. The highest BCUT2D eigenvalue weighted by atomic mass is 16.3. The molecule has 0 saturated carbocycles. The largest absolute Gasteiger partial charge is 0.456 e. The van der Waals surface area contributed by atoms with Gasteiger partial charge in [0.15, 0.2) is 0 Å². The first-order chi connectivity index (χ1) is 24.7. The van der Waals surface area contributed by atoms with Crippen molar-refractivity contribution < 1.29 is 8.83 Å². The molecule has 6 nitrogen and oxygen atoms in total. The fraction of sp³-hybridized carbons (Fsp3) is 0. The van der Waals surface area contributed by atoms with Crippen LogP contribution < -0.4 is 0 Å². The second-order valence-electron chi connectivity index (χ2n) is 12.6. The molecule has 0 atom stereocenters. The highest BCUT2D eigenvalue weighted by Gasteiger charge is 2.26. The third kappa shape index (κ3) is 3.29. The Morgan fingerprint density at radius 2 is 0.900 bits per heavy atom. The molecule has 0 unspecified atom stereocenters. The molecule has 6 heteroatoms. The first kappa shape index (κ1) is 26.8. The maximum absolute atomic E-state index is 11.1. The van der Waals surface area contributed by atoms with Crippen LogP contribution in [0.1, 0.15) is 11.1 Å². The number of nitrogens with zero attached hydrogens (tertiary/aromatic N) is 4. The minimum atomic E-state index is 0.406. The van der Waals surface area contributed by atoms with Crippen molar-refractivity contribution in [2.45, 2.75) is 0 Å². The van der Waals surface area contributed by atoms with Crippen LogP contribution in [-0.4, -0.2) is 9.13 Å². The van der Waals surface area contributed by atoms with Crippen molar-refractivity contribution in [3.63, 3.8) is 0 Å². The van der Waals surface area contributed by atoms with Gasteiger partial charge in [-0.2, -0.15) is 10.5 Å². The van der Waals surface area contributed by atoms with Crippen LogP contribution in [0.5, 0.6) is 0 Å². The molecule has 230 valence electrons. The molecule has 0 aliphatic heterocycles. The van der Waals surface area contributed by atoms with E-state index in [9.17, 15) is 10.5 Å². The summed E-state index contributed by atoms with van der Waals surface area (Å²) in [6, 6.07) is 49.5. The van der Waals surface area contributed by atoms with Gasteiger partial charge in [-0.25, -0.2) is 0 Å². The zero-order valence-corrected chi connectivity index (χ0v) is 26.3. The molecular weight excluding hydrogens is 617 g/mol. The highest BCUT2D eigenvalue weighted by Crippen LogP contribution is 2.45. The lowest BCUT2D eigenvalue weighted by atomic mass is 10.0. The van der Waals surface area contributed by atoms with Gasteiger partial charge in [-0.3, -0.25) is 0 Å². The number of furan rings is 2. The van der Waals surface area contributed by atoms with Crippen molar-refractivity contribution in [3.05, 3.63) is 145 Å². The van der Waals surface area contributed by atoms with E-state index in [0.717, 1.165) is 87.5 Å². The Kier molecular flexibility index (Phi) is 5.16. The predicted molar refractivity (Wildman–Crippen MR) is 199 cm³/mol. The van der Waals surface area contributed by atoms with Crippen LogP contribution in [-0.2, 0) is 0 Å². The monoisotopic (exact) mass is 638 g/mol. The van der Waals surface area contributed by atoms with Crippen molar-refractivity contribution in [1.82, 2.24) is 9.13 Å². The number of rotatable bonds is 2. The summed E-state index contributed by atoms with van der Waals surface area (Å²) in [7, 11) is 0. The van der Waals surface area contributed by atoms with E-state index in [4.69, 9.17) is 8.83 Å². The van der Waals surface area contributed by atoms with Crippen molar-refractivity contribution in [2.24, 2.45) is 0 Å². The molecule has 4 aromatic heterocycles. The molecule has 0 bridgehead atoms. The molecule has 11 rings (SSSR count). The lowest BCUT2D eigenvalue weighted by Crippen LogP contribution is -2.06. The number of para-hydroxylation sites is 4. The summed E-state index contributed by atoms with van der Waals surface area (Å²) in [5.41, 5.74) is 9.01. The second kappa shape index (κ2) is 9.64. The Hall–Kier alpha value is -7.28. The third-order valence-corrected chi connectivity index (χ3v) is 10.2. The Bertz CT molecular complexity index is 3360. The number of nitriles is 2. The molecule has 0 N–H and O–H groups in total. The molecule has 0 aliphatic rings. The number of hydrogen-bond donors (Lipinski definition) is 0. The van der Waals surface area contributed by atoms with Gasteiger partial charge in [-0.1, -0.05) is 72.8 Å². The number of fused-ring (bicyclic) bond motifs is 14. The topological polar surface area (TPSA) is 83.7 Å². The van der Waals surface area contributed by atoms with E-state index >= 15 is 0 Å². The molecule has 50 heavy (non-hydrogen) atoms. The van der Waals surface area contributed by atoms with E-state index in [1.165, 1.54) is 0 Å². The van der Waals surface area contributed by atoms with Crippen LogP contribution in [0.4, 0.5) is 0 Å². The molecule has 0 radical (unpaired) electrons. The molecule has 0 saturated heterocycles. The van der Waals surface area contributed by atoms with Crippen LogP contribution in [0, 0.1) is 22.7 Å². The molecule has 0 aliphatic carbocycles. The van der Waals surface area contributed by atoms with Gasteiger partial charge >= 0.3 is 0 Å². The first-order valence-corrected chi connectivity index (χ1v) is 16.4. The van der Waals surface area contributed by atoms with Crippen LogP contribution in [0.2, 0.25) is 0 Å². The fourth-order valence-corrected chi connectivity index (χ4v) is 8.25. The quantitative estimate of drug-likeness (QED) is 0.189. The third-order valence-electron chi connectivity index (χ3n) is 10.2. The number of hydrogen-bond acceptors (Lipinski definition) is 4. The summed E-state index contributed by atoms with van der Waals surface area (Å²) in [6.07, 6.45) is 0. The van der Waals surface area contributed by atoms with Gasteiger partial charge in [0.1, 0.15) is 40.0 Å².